The van der Waals surface area contributed by atoms with Crippen LogP contribution in [-0.2, 0) is 0 Å². The van der Waals surface area contributed by atoms with Gasteiger partial charge in [0.2, 0.25) is 0 Å². The van der Waals surface area contributed by atoms with Crippen molar-refractivity contribution >= 4 is 60.5 Å². The van der Waals surface area contributed by atoms with Crippen molar-refractivity contribution in [1.82, 2.24) is 0 Å². The number of rotatable bonds is 7. The van der Waals surface area contributed by atoms with Gasteiger partial charge in [-0.25, -0.2) is 0 Å². The van der Waals surface area contributed by atoms with E-state index in [1.54, 1.807) is 0 Å². The Morgan fingerprint density at radius 3 is 1.71 bits per heavy atom. The fourth-order valence-corrected chi connectivity index (χ4v) is 8.69. The van der Waals surface area contributed by atoms with Gasteiger partial charge in [0.25, 0.3) is 0 Å². The number of hydrogen-bond acceptors (Lipinski definition) is 2. The van der Waals surface area contributed by atoms with E-state index in [1.807, 2.05) is 12.1 Å². The Kier molecular flexibility index (Phi) is 8.19. The maximum Gasteiger partial charge on any atom is 0.143 e. The molecule has 0 bridgehead atoms. The van der Waals surface area contributed by atoms with Crippen LogP contribution in [0.25, 0.3) is 88.0 Å². The van der Waals surface area contributed by atoms with E-state index >= 15 is 0 Å². The molecule has 1 aromatic heterocycles. The highest BCUT2D eigenvalue weighted by atomic mass is 16.3. The quantitative estimate of drug-likeness (QED) is 0.151. The van der Waals surface area contributed by atoms with E-state index in [0.717, 1.165) is 55.7 Å². The van der Waals surface area contributed by atoms with Gasteiger partial charge in [0, 0.05) is 33.1 Å². The SMILES string of the molecule is c1ccc(-c2ccc(-c3ccccc3)c(-c3ccc(N(c4cccc(-c5cccc6c5oc5ccccc56)c4)c4cc5ccccc5c5ccccc45)cc3)c2)cc1. The number of anilines is 3. The Balaban J connectivity index is 1.10. The molecule has 0 amide bonds. The van der Waals surface area contributed by atoms with E-state index < -0.39 is 0 Å². The first-order valence-electron chi connectivity index (χ1n) is 19.8. The Labute approximate surface area is 337 Å². The minimum atomic E-state index is 0.898. The molecular weight excluding hydrogens is 703 g/mol. The lowest BCUT2D eigenvalue weighted by Crippen LogP contribution is -2.11. The summed E-state index contributed by atoms with van der Waals surface area (Å²) >= 11 is 0. The van der Waals surface area contributed by atoms with Crippen LogP contribution in [0.5, 0.6) is 0 Å². The van der Waals surface area contributed by atoms with Gasteiger partial charge in [-0.05, 0) is 97.6 Å². The van der Waals surface area contributed by atoms with Crippen molar-refractivity contribution < 1.29 is 4.42 Å². The number of furan rings is 1. The molecule has 0 radical (unpaired) electrons. The van der Waals surface area contributed by atoms with Gasteiger partial charge in [-0.3, -0.25) is 0 Å². The molecule has 2 heteroatoms. The van der Waals surface area contributed by atoms with E-state index in [2.05, 4.69) is 217 Å². The van der Waals surface area contributed by atoms with Gasteiger partial charge < -0.3 is 9.32 Å². The van der Waals surface area contributed by atoms with Crippen molar-refractivity contribution in [1.29, 1.82) is 0 Å². The number of hydrogen-bond donors (Lipinski definition) is 0. The zero-order valence-corrected chi connectivity index (χ0v) is 31.7. The Hall–Kier alpha value is -7.68. The summed E-state index contributed by atoms with van der Waals surface area (Å²) in [6, 6.07) is 80.7. The van der Waals surface area contributed by atoms with Gasteiger partial charge in [0.15, 0.2) is 0 Å². The molecule has 0 fully saturated rings. The fraction of sp³-hybridized carbons (Fsp3) is 0. The van der Waals surface area contributed by atoms with E-state index in [0.29, 0.717) is 0 Å². The zero-order chi connectivity index (χ0) is 38.4. The second-order valence-electron chi connectivity index (χ2n) is 14.9. The smallest absolute Gasteiger partial charge is 0.143 e. The molecule has 0 unspecified atom stereocenters. The summed E-state index contributed by atoms with van der Waals surface area (Å²) in [7, 11) is 0. The van der Waals surface area contributed by atoms with Crippen molar-refractivity contribution in [2.75, 3.05) is 4.90 Å². The maximum absolute atomic E-state index is 6.53. The van der Waals surface area contributed by atoms with Gasteiger partial charge in [-0.2, -0.15) is 0 Å². The molecule has 0 N–H and O–H groups in total. The van der Waals surface area contributed by atoms with Crippen LogP contribution in [0, 0.1) is 0 Å². The van der Waals surface area contributed by atoms with E-state index in [4.69, 9.17) is 4.42 Å². The van der Waals surface area contributed by atoms with Gasteiger partial charge in [0.1, 0.15) is 11.2 Å². The molecule has 58 heavy (non-hydrogen) atoms. The second-order valence-corrected chi connectivity index (χ2v) is 14.9. The highest BCUT2D eigenvalue weighted by molar-refractivity contribution is 6.15. The third kappa shape index (κ3) is 5.82. The van der Waals surface area contributed by atoms with E-state index in [9.17, 15) is 0 Å². The van der Waals surface area contributed by atoms with Gasteiger partial charge in [-0.1, -0.05) is 182 Å². The van der Waals surface area contributed by atoms with Crippen LogP contribution in [0.3, 0.4) is 0 Å². The first-order chi connectivity index (χ1) is 28.8. The summed E-state index contributed by atoms with van der Waals surface area (Å²) < 4.78 is 6.53. The number of nitrogens with zero attached hydrogens (tertiary/aromatic N) is 1. The molecule has 0 aliphatic carbocycles. The number of para-hydroxylation sites is 2. The summed E-state index contributed by atoms with van der Waals surface area (Å²) in [5, 5.41) is 7.12. The second kappa shape index (κ2) is 14.1. The fourth-order valence-electron chi connectivity index (χ4n) is 8.69. The number of fused-ring (bicyclic) bond motifs is 6. The average molecular weight is 740 g/mol. The average Bonchev–Trinajstić information content (AvgIpc) is 3.69. The lowest BCUT2D eigenvalue weighted by molar-refractivity contribution is 0.670. The highest BCUT2D eigenvalue weighted by Crippen LogP contribution is 2.45. The summed E-state index contributed by atoms with van der Waals surface area (Å²) in [6.45, 7) is 0. The number of benzene rings is 10. The minimum absolute atomic E-state index is 0.898. The van der Waals surface area contributed by atoms with Gasteiger partial charge in [0.05, 0.1) is 5.69 Å². The van der Waals surface area contributed by atoms with Gasteiger partial charge >= 0.3 is 0 Å². The molecule has 11 rings (SSSR count). The Morgan fingerprint density at radius 1 is 0.293 bits per heavy atom. The molecule has 1 heterocycles. The van der Waals surface area contributed by atoms with Gasteiger partial charge in [-0.15, -0.1) is 0 Å². The van der Waals surface area contributed by atoms with Crippen molar-refractivity contribution in [3.63, 3.8) is 0 Å². The first kappa shape index (κ1) is 33.6. The largest absolute Gasteiger partial charge is 0.455 e. The molecule has 0 aliphatic rings. The molecule has 0 aliphatic heterocycles. The van der Waals surface area contributed by atoms with Crippen LogP contribution in [0.4, 0.5) is 17.1 Å². The highest BCUT2D eigenvalue weighted by Gasteiger charge is 2.20. The van der Waals surface area contributed by atoms with E-state index in [1.165, 1.54) is 49.4 Å². The topological polar surface area (TPSA) is 16.4 Å². The van der Waals surface area contributed by atoms with E-state index in [-0.39, 0.29) is 0 Å². The summed E-state index contributed by atoms with van der Waals surface area (Å²) in [5.41, 5.74) is 14.4. The summed E-state index contributed by atoms with van der Waals surface area (Å²) in [4.78, 5) is 2.42. The third-order valence-corrected chi connectivity index (χ3v) is 11.5. The lowest BCUT2D eigenvalue weighted by Gasteiger charge is -2.28. The molecule has 11 aromatic rings. The molecule has 0 saturated carbocycles. The van der Waals surface area contributed by atoms with Crippen LogP contribution in [0.1, 0.15) is 0 Å². The van der Waals surface area contributed by atoms with Crippen molar-refractivity contribution in [3.05, 3.63) is 224 Å². The standard InChI is InChI=1S/C56H37NO/c1-3-15-38(16-4-1)41-31-34-47(39-17-5-2-6-18-39)53(36-41)40-29-32-44(33-30-40)57(54-37-43-19-7-8-22-46(43)49-23-9-10-24-50(49)54)45-21-13-20-42(35-45)48-26-14-27-52-51-25-11-12-28-55(51)58-56(48)52/h1-37H. The minimum Gasteiger partial charge on any atom is -0.455 e. The molecule has 0 spiro atoms. The van der Waals surface area contributed by atoms with Crippen molar-refractivity contribution in [2.45, 2.75) is 0 Å². The zero-order valence-electron chi connectivity index (χ0n) is 31.7. The molecule has 0 atom stereocenters. The molecular formula is C56H37NO. The Morgan fingerprint density at radius 2 is 0.897 bits per heavy atom. The van der Waals surface area contributed by atoms with Crippen LogP contribution in [0.15, 0.2) is 229 Å². The van der Waals surface area contributed by atoms with Crippen molar-refractivity contribution in [3.8, 4) is 44.5 Å². The van der Waals surface area contributed by atoms with Crippen LogP contribution in [-0.4, -0.2) is 0 Å². The van der Waals surface area contributed by atoms with Crippen LogP contribution in [0.2, 0.25) is 0 Å². The van der Waals surface area contributed by atoms with Crippen LogP contribution < -0.4 is 4.90 Å². The third-order valence-electron chi connectivity index (χ3n) is 11.5. The normalized spacial score (nSPS) is 11.4. The van der Waals surface area contributed by atoms with Crippen molar-refractivity contribution in [2.24, 2.45) is 0 Å². The summed E-state index contributed by atoms with van der Waals surface area (Å²) in [5.74, 6) is 0. The molecule has 2 nitrogen and oxygen atoms in total. The first-order valence-corrected chi connectivity index (χ1v) is 19.8. The monoisotopic (exact) mass is 739 g/mol. The predicted octanol–water partition coefficient (Wildman–Crippen LogP) is 16.0. The summed E-state index contributed by atoms with van der Waals surface area (Å²) in [6.07, 6.45) is 0. The maximum atomic E-state index is 6.53. The Bertz CT molecular complexity index is 3270. The molecule has 272 valence electrons. The lowest BCUT2D eigenvalue weighted by atomic mass is 9.91. The van der Waals surface area contributed by atoms with Crippen LogP contribution >= 0.6 is 0 Å². The molecule has 0 saturated heterocycles. The molecule has 10 aromatic carbocycles. The predicted molar refractivity (Wildman–Crippen MR) is 245 cm³/mol.